The maximum absolute atomic E-state index is 13.8. The lowest BCUT2D eigenvalue weighted by molar-refractivity contribution is -0.124. The van der Waals surface area contributed by atoms with E-state index in [0.29, 0.717) is 16.9 Å². The van der Waals surface area contributed by atoms with Crippen molar-refractivity contribution in [2.75, 3.05) is 0 Å². The van der Waals surface area contributed by atoms with Crippen LogP contribution in [-0.4, -0.2) is 22.9 Å². The molecule has 2 aromatic rings. The SMILES string of the molecule is O=C1N/C(=C\c2ccccc2OCc2ccccc2F)C(=O)N1C1CCCCC1. The summed E-state index contributed by atoms with van der Waals surface area (Å²) in [5, 5.41) is 2.69. The number of benzene rings is 2. The van der Waals surface area contributed by atoms with Gasteiger partial charge < -0.3 is 10.1 Å². The molecule has 2 aromatic carbocycles. The van der Waals surface area contributed by atoms with Gasteiger partial charge in [0.1, 0.15) is 23.9 Å². The first-order chi connectivity index (χ1) is 14.1. The Morgan fingerprint density at radius 3 is 2.55 bits per heavy atom. The van der Waals surface area contributed by atoms with E-state index >= 15 is 0 Å². The average Bonchev–Trinajstić information content (AvgIpc) is 3.02. The number of amides is 3. The van der Waals surface area contributed by atoms with E-state index in [4.69, 9.17) is 4.74 Å². The molecule has 29 heavy (non-hydrogen) atoms. The molecule has 3 amide bonds. The number of hydrogen-bond acceptors (Lipinski definition) is 3. The standard InChI is InChI=1S/C23H23FN2O3/c24-19-12-6-4-9-17(19)15-29-21-13-7-5-8-16(21)14-20-22(27)26(23(28)25-20)18-10-2-1-3-11-18/h4-9,12-14,18H,1-3,10-11,15H2,(H,25,28)/b20-14-. The first-order valence-corrected chi connectivity index (χ1v) is 9.95. The topological polar surface area (TPSA) is 58.6 Å². The molecule has 5 nitrogen and oxygen atoms in total. The summed E-state index contributed by atoms with van der Waals surface area (Å²) < 4.78 is 19.6. The number of urea groups is 1. The predicted molar refractivity (Wildman–Crippen MR) is 107 cm³/mol. The van der Waals surface area contributed by atoms with Crippen molar-refractivity contribution in [3.05, 3.63) is 71.2 Å². The smallest absolute Gasteiger partial charge is 0.329 e. The Kier molecular flexibility index (Phi) is 5.60. The van der Waals surface area contributed by atoms with Gasteiger partial charge in [0.25, 0.3) is 5.91 Å². The van der Waals surface area contributed by atoms with Crippen molar-refractivity contribution in [2.24, 2.45) is 0 Å². The Labute approximate surface area is 169 Å². The van der Waals surface area contributed by atoms with Crippen LogP contribution in [-0.2, 0) is 11.4 Å². The molecule has 1 N–H and O–H groups in total. The molecule has 0 spiro atoms. The third-order valence-electron chi connectivity index (χ3n) is 5.41. The number of hydrogen-bond donors (Lipinski definition) is 1. The second kappa shape index (κ2) is 8.47. The molecule has 1 saturated carbocycles. The van der Waals surface area contributed by atoms with Gasteiger partial charge >= 0.3 is 6.03 Å². The van der Waals surface area contributed by atoms with Crippen molar-refractivity contribution in [1.82, 2.24) is 10.2 Å². The number of ether oxygens (including phenoxy) is 1. The lowest BCUT2D eigenvalue weighted by Gasteiger charge is -2.28. The number of rotatable bonds is 5. The quantitative estimate of drug-likeness (QED) is 0.594. The summed E-state index contributed by atoms with van der Waals surface area (Å²) in [4.78, 5) is 26.6. The average molecular weight is 394 g/mol. The van der Waals surface area contributed by atoms with Crippen molar-refractivity contribution >= 4 is 18.0 Å². The fraction of sp³-hybridized carbons (Fsp3) is 0.304. The summed E-state index contributed by atoms with van der Waals surface area (Å²) in [7, 11) is 0. The Balaban J connectivity index is 1.53. The fourth-order valence-electron chi connectivity index (χ4n) is 3.88. The van der Waals surface area contributed by atoms with Crippen LogP contribution in [0.15, 0.2) is 54.2 Å². The largest absolute Gasteiger partial charge is 0.488 e. The molecule has 2 fully saturated rings. The summed E-state index contributed by atoms with van der Waals surface area (Å²) >= 11 is 0. The van der Waals surface area contributed by atoms with Gasteiger partial charge in [0.15, 0.2) is 0 Å². The molecule has 6 heteroatoms. The first-order valence-electron chi connectivity index (χ1n) is 9.95. The van der Waals surface area contributed by atoms with Gasteiger partial charge in [-0.2, -0.15) is 0 Å². The van der Waals surface area contributed by atoms with E-state index in [1.54, 1.807) is 36.4 Å². The number of halogens is 1. The van der Waals surface area contributed by atoms with E-state index in [1.807, 2.05) is 12.1 Å². The number of imide groups is 1. The normalized spacial score (nSPS) is 18.9. The van der Waals surface area contributed by atoms with E-state index in [-0.39, 0.29) is 36.1 Å². The van der Waals surface area contributed by atoms with Gasteiger partial charge in [0, 0.05) is 17.2 Å². The monoisotopic (exact) mass is 394 g/mol. The molecule has 2 aliphatic rings. The van der Waals surface area contributed by atoms with Crippen molar-refractivity contribution < 1.29 is 18.7 Å². The minimum Gasteiger partial charge on any atom is -0.488 e. The second-order valence-corrected chi connectivity index (χ2v) is 7.37. The summed E-state index contributed by atoms with van der Waals surface area (Å²) in [6.07, 6.45) is 6.56. The van der Waals surface area contributed by atoms with Gasteiger partial charge in [-0.3, -0.25) is 9.69 Å². The second-order valence-electron chi connectivity index (χ2n) is 7.37. The molecule has 0 unspecified atom stereocenters. The molecule has 0 bridgehead atoms. The third kappa shape index (κ3) is 4.16. The number of para-hydroxylation sites is 1. The lowest BCUT2D eigenvalue weighted by Crippen LogP contribution is -2.41. The highest BCUT2D eigenvalue weighted by Crippen LogP contribution is 2.28. The molecule has 150 valence electrons. The summed E-state index contributed by atoms with van der Waals surface area (Å²) in [5.41, 5.74) is 1.34. The van der Waals surface area contributed by atoms with E-state index in [9.17, 15) is 14.0 Å². The van der Waals surface area contributed by atoms with Crippen LogP contribution in [0.4, 0.5) is 9.18 Å². The number of nitrogens with zero attached hydrogens (tertiary/aromatic N) is 1. The van der Waals surface area contributed by atoms with Crippen LogP contribution < -0.4 is 10.1 Å². The molecule has 0 atom stereocenters. The van der Waals surface area contributed by atoms with Crippen LogP contribution in [0.3, 0.4) is 0 Å². The summed E-state index contributed by atoms with van der Waals surface area (Å²) in [6, 6.07) is 13.2. The Morgan fingerprint density at radius 2 is 1.76 bits per heavy atom. The Bertz CT molecular complexity index is 951. The molecule has 1 saturated heterocycles. The molecular weight excluding hydrogens is 371 g/mol. The van der Waals surface area contributed by atoms with Gasteiger partial charge in [-0.1, -0.05) is 55.7 Å². The summed E-state index contributed by atoms with van der Waals surface area (Å²) in [6.45, 7) is 0.0708. The first kappa shape index (κ1) is 19.2. The van der Waals surface area contributed by atoms with Gasteiger partial charge in [-0.05, 0) is 31.1 Å². The molecule has 4 rings (SSSR count). The molecule has 0 aromatic heterocycles. The van der Waals surface area contributed by atoms with Crippen LogP contribution in [0.1, 0.15) is 43.2 Å². The molecule has 1 aliphatic heterocycles. The maximum atomic E-state index is 13.8. The molecule has 1 aliphatic carbocycles. The molecule has 0 radical (unpaired) electrons. The van der Waals surface area contributed by atoms with E-state index in [1.165, 1.54) is 11.0 Å². The number of nitrogens with one attached hydrogen (secondary N) is 1. The van der Waals surface area contributed by atoms with E-state index in [0.717, 1.165) is 32.1 Å². The minimum absolute atomic E-state index is 0.0327. The summed E-state index contributed by atoms with van der Waals surface area (Å²) in [5.74, 6) is -0.114. The van der Waals surface area contributed by atoms with Crippen molar-refractivity contribution in [1.29, 1.82) is 0 Å². The van der Waals surface area contributed by atoms with E-state index in [2.05, 4.69) is 5.32 Å². The van der Waals surface area contributed by atoms with E-state index < -0.39 is 0 Å². The number of carbonyl (C=O) groups is 2. The van der Waals surface area contributed by atoms with Gasteiger partial charge in [-0.15, -0.1) is 0 Å². The van der Waals surface area contributed by atoms with Gasteiger partial charge in [0.05, 0.1) is 0 Å². The number of carbonyl (C=O) groups excluding carboxylic acids is 2. The van der Waals surface area contributed by atoms with Crippen molar-refractivity contribution in [2.45, 2.75) is 44.8 Å². The fourth-order valence-corrected chi connectivity index (χ4v) is 3.88. The zero-order valence-corrected chi connectivity index (χ0v) is 16.1. The van der Waals surface area contributed by atoms with Crippen LogP contribution in [0.25, 0.3) is 6.08 Å². The molecular formula is C23H23FN2O3. The van der Waals surface area contributed by atoms with Crippen molar-refractivity contribution in [3.63, 3.8) is 0 Å². The van der Waals surface area contributed by atoms with Crippen LogP contribution in [0.2, 0.25) is 0 Å². The Morgan fingerprint density at radius 1 is 1.03 bits per heavy atom. The Hall–Kier alpha value is -3.15. The zero-order valence-electron chi connectivity index (χ0n) is 16.1. The van der Waals surface area contributed by atoms with Crippen LogP contribution in [0, 0.1) is 5.82 Å². The van der Waals surface area contributed by atoms with Crippen LogP contribution >= 0.6 is 0 Å². The zero-order chi connectivity index (χ0) is 20.2. The lowest BCUT2D eigenvalue weighted by atomic mass is 9.94. The highest BCUT2D eigenvalue weighted by atomic mass is 19.1. The third-order valence-corrected chi connectivity index (χ3v) is 5.41. The maximum Gasteiger partial charge on any atom is 0.329 e. The van der Waals surface area contributed by atoms with Gasteiger partial charge in [0.2, 0.25) is 0 Å². The highest BCUT2D eigenvalue weighted by Gasteiger charge is 2.39. The minimum atomic E-state index is -0.363. The van der Waals surface area contributed by atoms with Crippen molar-refractivity contribution in [3.8, 4) is 5.75 Å². The van der Waals surface area contributed by atoms with Gasteiger partial charge in [-0.25, -0.2) is 9.18 Å². The molecule has 1 heterocycles. The van der Waals surface area contributed by atoms with Crippen LogP contribution in [0.5, 0.6) is 5.75 Å². The predicted octanol–water partition coefficient (Wildman–Crippen LogP) is 4.63. The highest BCUT2D eigenvalue weighted by molar-refractivity contribution is 6.14.